The van der Waals surface area contributed by atoms with Crippen LogP contribution in [0.5, 0.6) is 5.75 Å². The summed E-state index contributed by atoms with van der Waals surface area (Å²) < 4.78 is 7.69. The Morgan fingerprint density at radius 3 is 2.50 bits per heavy atom. The maximum atomic E-state index is 12.5. The molecule has 2 aromatic rings. The first-order chi connectivity index (χ1) is 13.4. The zero-order chi connectivity index (χ0) is 20.3. The first kappa shape index (κ1) is 21.1. The smallest absolute Gasteiger partial charge is 0.293 e. The molecule has 4 nitrogen and oxygen atoms in total. The minimum atomic E-state index is -0.226. The summed E-state index contributed by atoms with van der Waals surface area (Å²) in [4.78, 5) is 26.5. The molecule has 1 fully saturated rings. The number of hydrogen-bond donors (Lipinski definition) is 0. The Hall–Kier alpha value is -1.57. The molecule has 3 rings (SSSR count). The van der Waals surface area contributed by atoms with Gasteiger partial charge in [-0.2, -0.15) is 0 Å². The van der Waals surface area contributed by atoms with Gasteiger partial charge in [-0.1, -0.05) is 41.1 Å². The highest BCUT2D eigenvalue weighted by atomic mass is 79.9. The zero-order valence-corrected chi connectivity index (χ0v) is 19.4. The highest BCUT2D eigenvalue weighted by Crippen LogP contribution is 2.35. The van der Waals surface area contributed by atoms with Gasteiger partial charge in [-0.3, -0.25) is 14.5 Å². The van der Waals surface area contributed by atoms with Gasteiger partial charge in [0, 0.05) is 10.5 Å². The van der Waals surface area contributed by atoms with Crippen molar-refractivity contribution >= 4 is 60.8 Å². The highest BCUT2D eigenvalue weighted by Gasteiger charge is 2.37. The van der Waals surface area contributed by atoms with E-state index in [1.807, 2.05) is 56.3 Å². The van der Waals surface area contributed by atoms with Crippen LogP contribution in [0.1, 0.15) is 31.4 Å². The van der Waals surface area contributed by atoms with Crippen molar-refractivity contribution in [3.63, 3.8) is 0 Å². The molecule has 0 aromatic heterocycles. The van der Waals surface area contributed by atoms with Crippen LogP contribution in [0.25, 0.3) is 6.08 Å². The molecule has 0 radical (unpaired) electrons. The lowest BCUT2D eigenvalue weighted by atomic mass is 10.2. The number of carbonyl (C=O) groups excluding carboxylic acids is 2. The molecule has 0 N–H and O–H groups in total. The van der Waals surface area contributed by atoms with Gasteiger partial charge in [-0.25, -0.2) is 0 Å². The summed E-state index contributed by atoms with van der Waals surface area (Å²) >= 11 is 7.93. The topological polar surface area (TPSA) is 46.6 Å². The summed E-state index contributed by atoms with van der Waals surface area (Å²) in [5.41, 5.74) is 1.90. The summed E-state index contributed by atoms with van der Waals surface area (Å²) in [5, 5.41) is -0.209. The van der Waals surface area contributed by atoms with Crippen LogP contribution in [0.15, 0.2) is 56.3 Å². The van der Waals surface area contributed by atoms with Gasteiger partial charge in [0.05, 0.1) is 9.38 Å². The molecule has 1 saturated heterocycles. The lowest BCUT2D eigenvalue weighted by Gasteiger charge is -2.19. The lowest BCUT2D eigenvalue weighted by molar-refractivity contribution is -0.124. The molecule has 0 unspecified atom stereocenters. The molecule has 28 heavy (non-hydrogen) atoms. The summed E-state index contributed by atoms with van der Waals surface area (Å²) in [6.45, 7) is 4.30. The van der Waals surface area contributed by atoms with E-state index in [-0.39, 0.29) is 17.2 Å². The third kappa shape index (κ3) is 4.88. The van der Waals surface area contributed by atoms with Crippen molar-refractivity contribution in [2.75, 3.05) is 0 Å². The summed E-state index contributed by atoms with van der Waals surface area (Å²) in [5.74, 6) is 0.490. The fourth-order valence-corrected chi connectivity index (χ4v) is 4.36. The molecule has 2 amide bonds. The predicted octanol–water partition coefficient (Wildman–Crippen LogP) is 6.63. The maximum absolute atomic E-state index is 12.5. The molecular weight excluding hydrogens is 506 g/mol. The predicted molar refractivity (Wildman–Crippen MR) is 120 cm³/mol. The van der Waals surface area contributed by atoms with Crippen molar-refractivity contribution in [1.82, 2.24) is 4.90 Å². The minimum absolute atomic E-state index is 0.0977. The van der Waals surface area contributed by atoms with Crippen molar-refractivity contribution in [3.8, 4) is 5.75 Å². The van der Waals surface area contributed by atoms with Gasteiger partial charge in [0.1, 0.15) is 12.4 Å². The molecule has 146 valence electrons. The normalized spacial score (nSPS) is 16.7. The molecule has 1 aliphatic rings. The molecule has 7 heteroatoms. The fourth-order valence-electron chi connectivity index (χ4n) is 2.66. The third-order valence-electron chi connectivity index (χ3n) is 4.42. The van der Waals surface area contributed by atoms with Crippen LogP contribution in [-0.4, -0.2) is 22.1 Å². The fraction of sp³-hybridized carbons (Fsp3) is 0.238. The van der Waals surface area contributed by atoms with Crippen molar-refractivity contribution in [1.29, 1.82) is 0 Å². The number of rotatable bonds is 6. The Balaban J connectivity index is 1.72. The molecule has 2 aromatic carbocycles. The Morgan fingerprint density at radius 2 is 1.86 bits per heavy atom. The molecule has 1 atom stereocenters. The monoisotopic (exact) mass is 523 g/mol. The Bertz CT molecular complexity index is 928. The minimum Gasteiger partial charge on any atom is -0.488 e. The van der Waals surface area contributed by atoms with Crippen LogP contribution in [0.3, 0.4) is 0 Å². The quantitative estimate of drug-likeness (QED) is 0.398. The Morgan fingerprint density at radius 1 is 1.14 bits per heavy atom. The average molecular weight is 525 g/mol. The van der Waals surface area contributed by atoms with Gasteiger partial charge in [-0.15, -0.1) is 0 Å². The molecule has 0 saturated carbocycles. The number of nitrogens with zero attached hydrogens (tertiary/aromatic N) is 1. The van der Waals surface area contributed by atoms with E-state index >= 15 is 0 Å². The van der Waals surface area contributed by atoms with Crippen LogP contribution >= 0.6 is 43.6 Å². The SMILES string of the molecule is CC[C@@H](C)N1C(=O)S/C(=C/c2ccc(OCc3ccc(Br)cc3)c(Br)c2)C1=O. The number of ether oxygens (including phenoxy) is 1. The Kier molecular flexibility index (Phi) is 7.01. The Labute approximate surface area is 185 Å². The van der Waals surface area contributed by atoms with E-state index in [1.165, 1.54) is 4.90 Å². The number of amides is 2. The second kappa shape index (κ2) is 9.29. The lowest BCUT2D eigenvalue weighted by Crippen LogP contribution is -2.36. The van der Waals surface area contributed by atoms with E-state index in [0.717, 1.165) is 38.3 Å². The van der Waals surface area contributed by atoms with Crippen LogP contribution in [0.4, 0.5) is 4.79 Å². The molecule has 0 aliphatic carbocycles. The first-order valence-electron chi connectivity index (χ1n) is 8.83. The van der Waals surface area contributed by atoms with Crippen LogP contribution in [0.2, 0.25) is 0 Å². The van der Waals surface area contributed by atoms with E-state index in [1.54, 1.807) is 6.08 Å². The van der Waals surface area contributed by atoms with Gasteiger partial charge in [0.25, 0.3) is 11.1 Å². The van der Waals surface area contributed by atoms with Gasteiger partial charge < -0.3 is 4.74 Å². The summed E-state index contributed by atoms with van der Waals surface area (Å²) in [7, 11) is 0. The number of benzene rings is 2. The first-order valence-corrected chi connectivity index (χ1v) is 11.2. The largest absolute Gasteiger partial charge is 0.488 e. The molecule has 0 spiro atoms. The van der Waals surface area contributed by atoms with Gasteiger partial charge in [0.2, 0.25) is 0 Å². The van der Waals surface area contributed by atoms with E-state index in [4.69, 9.17) is 4.74 Å². The second-order valence-corrected chi connectivity index (χ2v) is 9.18. The van der Waals surface area contributed by atoms with Gasteiger partial charge >= 0.3 is 0 Å². The summed E-state index contributed by atoms with van der Waals surface area (Å²) in [6, 6.07) is 13.5. The zero-order valence-electron chi connectivity index (χ0n) is 15.4. The molecular formula is C21H19Br2NO3S. The van der Waals surface area contributed by atoms with Crippen LogP contribution in [-0.2, 0) is 11.4 Å². The van der Waals surface area contributed by atoms with Gasteiger partial charge in [0.15, 0.2) is 0 Å². The standard InChI is InChI=1S/C21H19Br2NO3S/c1-3-13(2)24-20(25)19(28-21(24)26)11-15-6-9-18(17(23)10-15)27-12-14-4-7-16(22)8-5-14/h4-11,13H,3,12H2,1-2H3/b19-11+/t13-/m1/s1. The van der Waals surface area contributed by atoms with E-state index in [0.29, 0.717) is 17.3 Å². The van der Waals surface area contributed by atoms with E-state index in [9.17, 15) is 9.59 Å². The van der Waals surface area contributed by atoms with E-state index in [2.05, 4.69) is 31.9 Å². The molecule has 1 heterocycles. The number of imide groups is 1. The van der Waals surface area contributed by atoms with Crippen molar-refractivity contribution in [2.45, 2.75) is 32.9 Å². The number of halogens is 2. The van der Waals surface area contributed by atoms with E-state index < -0.39 is 0 Å². The third-order valence-corrected chi connectivity index (χ3v) is 6.45. The summed E-state index contributed by atoms with van der Waals surface area (Å²) in [6.07, 6.45) is 2.48. The highest BCUT2D eigenvalue weighted by molar-refractivity contribution is 9.10. The van der Waals surface area contributed by atoms with Crippen molar-refractivity contribution < 1.29 is 14.3 Å². The van der Waals surface area contributed by atoms with Crippen molar-refractivity contribution in [2.24, 2.45) is 0 Å². The number of hydrogen-bond acceptors (Lipinski definition) is 4. The van der Waals surface area contributed by atoms with Gasteiger partial charge in [-0.05, 0) is 82.5 Å². The van der Waals surface area contributed by atoms with Crippen LogP contribution in [0, 0.1) is 0 Å². The average Bonchev–Trinajstić information content (AvgIpc) is 2.95. The maximum Gasteiger partial charge on any atom is 0.293 e. The van der Waals surface area contributed by atoms with Crippen molar-refractivity contribution in [3.05, 3.63) is 67.4 Å². The molecule has 1 aliphatic heterocycles. The number of carbonyl (C=O) groups is 2. The molecule has 0 bridgehead atoms. The number of thioether (sulfide) groups is 1. The van der Waals surface area contributed by atoms with Crippen LogP contribution < -0.4 is 4.74 Å². The second-order valence-electron chi connectivity index (χ2n) is 6.41.